The van der Waals surface area contributed by atoms with Crippen LogP contribution in [0.1, 0.15) is 24.0 Å². The number of nitrogens with one attached hydrogen (secondary N) is 2. The third-order valence-electron chi connectivity index (χ3n) is 3.87. The number of benzene rings is 2. The predicted octanol–water partition coefficient (Wildman–Crippen LogP) is 2.60. The summed E-state index contributed by atoms with van der Waals surface area (Å²) in [4.78, 5) is 12.0. The van der Waals surface area contributed by atoms with E-state index in [1.165, 1.54) is 30.3 Å². The number of sulfonamides is 1. The average Bonchev–Trinajstić information content (AvgIpc) is 3.42. The van der Waals surface area contributed by atoms with Crippen LogP contribution in [-0.2, 0) is 21.4 Å². The van der Waals surface area contributed by atoms with Crippen molar-refractivity contribution in [3.05, 3.63) is 71.6 Å². The predicted molar refractivity (Wildman–Crippen MR) is 97.1 cm³/mol. The summed E-state index contributed by atoms with van der Waals surface area (Å²) in [6.07, 6.45) is 4.70. The number of carbonyl (C=O) groups is 1. The molecule has 0 aromatic heterocycles. The summed E-state index contributed by atoms with van der Waals surface area (Å²) in [7, 11) is -3.47. The van der Waals surface area contributed by atoms with E-state index in [0.29, 0.717) is 11.1 Å². The maximum Gasteiger partial charge on any atom is 0.244 e. The first-order chi connectivity index (χ1) is 12.4. The minimum absolute atomic E-state index is 0.0568. The van der Waals surface area contributed by atoms with Gasteiger partial charge in [-0.25, -0.2) is 17.5 Å². The van der Waals surface area contributed by atoms with Crippen molar-refractivity contribution in [3.8, 4) is 0 Å². The van der Waals surface area contributed by atoms with Crippen molar-refractivity contribution in [2.24, 2.45) is 0 Å². The van der Waals surface area contributed by atoms with Gasteiger partial charge in [-0.05, 0) is 54.3 Å². The highest BCUT2D eigenvalue weighted by Gasteiger charge is 2.27. The van der Waals surface area contributed by atoms with Gasteiger partial charge in [0.25, 0.3) is 0 Å². The Morgan fingerprint density at radius 2 is 1.88 bits per heavy atom. The summed E-state index contributed by atoms with van der Waals surface area (Å²) in [5.41, 5.74) is 1.38. The molecule has 1 fully saturated rings. The Labute approximate surface area is 152 Å². The van der Waals surface area contributed by atoms with Gasteiger partial charge in [0, 0.05) is 18.7 Å². The van der Waals surface area contributed by atoms with E-state index in [4.69, 9.17) is 0 Å². The van der Waals surface area contributed by atoms with Crippen LogP contribution in [0.25, 0.3) is 6.08 Å². The highest BCUT2D eigenvalue weighted by molar-refractivity contribution is 7.89. The lowest BCUT2D eigenvalue weighted by molar-refractivity contribution is -0.116. The molecule has 7 heteroatoms. The molecule has 2 aromatic carbocycles. The molecule has 2 aromatic rings. The smallest absolute Gasteiger partial charge is 0.244 e. The van der Waals surface area contributed by atoms with E-state index in [1.807, 2.05) is 0 Å². The van der Waals surface area contributed by atoms with Crippen molar-refractivity contribution in [2.75, 3.05) is 0 Å². The number of rotatable bonds is 7. The van der Waals surface area contributed by atoms with Gasteiger partial charge in [0.1, 0.15) is 5.82 Å². The summed E-state index contributed by atoms with van der Waals surface area (Å²) in [5.74, 6) is -0.667. The number of amides is 1. The zero-order valence-electron chi connectivity index (χ0n) is 14.0. The van der Waals surface area contributed by atoms with Gasteiger partial charge in [-0.2, -0.15) is 0 Å². The minimum Gasteiger partial charge on any atom is -0.348 e. The summed E-state index contributed by atoms with van der Waals surface area (Å²) < 4.78 is 39.9. The fourth-order valence-corrected chi connectivity index (χ4v) is 3.62. The molecule has 136 valence electrons. The van der Waals surface area contributed by atoms with Gasteiger partial charge in [0.05, 0.1) is 4.90 Å². The first-order valence-corrected chi connectivity index (χ1v) is 9.73. The Balaban J connectivity index is 1.55. The van der Waals surface area contributed by atoms with Gasteiger partial charge in [-0.1, -0.05) is 24.3 Å². The SMILES string of the molecule is O=C(C=Cc1ccc(S(=O)(=O)NC2CC2)cc1)NCc1cccc(F)c1. The van der Waals surface area contributed by atoms with E-state index in [0.717, 1.165) is 12.8 Å². The van der Waals surface area contributed by atoms with Crippen LogP contribution in [-0.4, -0.2) is 20.4 Å². The van der Waals surface area contributed by atoms with Crippen LogP contribution in [0.3, 0.4) is 0 Å². The number of halogens is 1. The van der Waals surface area contributed by atoms with Crippen LogP contribution in [0.4, 0.5) is 4.39 Å². The fourth-order valence-electron chi connectivity index (χ4n) is 2.31. The van der Waals surface area contributed by atoms with Crippen molar-refractivity contribution < 1.29 is 17.6 Å². The molecule has 0 atom stereocenters. The lowest BCUT2D eigenvalue weighted by atomic mass is 10.2. The Hall–Kier alpha value is -2.51. The Morgan fingerprint density at radius 3 is 2.54 bits per heavy atom. The first kappa shape index (κ1) is 18.3. The van der Waals surface area contributed by atoms with E-state index in [-0.39, 0.29) is 29.2 Å². The fraction of sp³-hybridized carbons (Fsp3) is 0.211. The second-order valence-corrected chi connectivity index (χ2v) is 7.86. The van der Waals surface area contributed by atoms with Crippen LogP contribution in [0.15, 0.2) is 59.5 Å². The molecule has 2 N–H and O–H groups in total. The minimum atomic E-state index is -3.47. The van der Waals surface area contributed by atoms with Crippen LogP contribution in [0, 0.1) is 5.82 Å². The van der Waals surface area contributed by atoms with Gasteiger partial charge in [-0.3, -0.25) is 4.79 Å². The van der Waals surface area contributed by atoms with Crippen LogP contribution >= 0.6 is 0 Å². The standard InChI is InChI=1S/C19H19FN2O3S/c20-16-3-1-2-15(12-16)13-21-19(23)11-6-14-4-9-18(10-5-14)26(24,25)22-17-7-8-17/h1-6,9-12,17,22H,7-8,13H2,(H,21,23). The van der Waals surface area contributed by atoms with Crippen LogP contribution in [0.2, 0.25) is 0 Å². The molecular weight excluding hydrogens is 355 g/mol. The van der Waals surface area contributed by atoms with Crippen molar-refractivity contribution in [2.45, 2.75) is 30.3 Å². The van der Waals surface area contributed by atoms with Crippen molar-refractivity contribution in [1.82, 2.24) is 10.0 Å². The van der Waals surface area contributed by atoms with Crippen molar-refractivity contribution in [3.63, 3.8) is 0 Å². The Bertz CT molecular complexity index is 920. The summed E-state index contributed by atoms with van der Waals surface area (Å²) in [6, 6.07) is 12.4. The van der Waals surface area contributed by atoms with E-state index >= 15 is 0 Å². The normalized spacial score (nSPS) is 14.5. The maximum atomic E-state index is 13.1. The molecule has 1 amide bonds. The lowest BCUT2D eigenvalue weighted by Gasteiger charge is -2.05. The molecule has 0 unspecified atom stereocenters. The highest BCUT2D eigenvalue weighted by atomic mass is 32.2. The quantitative estimate of drug-likeness (QED) is 0.732. The van der Waals surface area contributed by atoms with E-state index in [1.54, 1.807) is 30.3 Å². The zero-order chi connectivity index (χ0) is 18.6. The molecule has 1 aliphatic carbocycles. The van der Waals surface area contributed by atoms with E-state index in [2.05, 4.69) is 10.0 Å². The molecule has 3 rings (SSSR count). The first-order valence-electron chi connectivity index (χ1n) is 8.25. The largest absolute Gasteiger partial charge is 0.348 e. The summed E-state index contributed by atoms with van der Waals surface area (Å²) in [6.45, 7) is 0.227. The van der Waals surface area contributed by atoms with Gasteiger partial charge < -0.3 is 5.32 Å². The Kier molecular flexibility index (Phi) is 5.49. The molecule has 0 aliphatic heterocycles. The molecule has 1 aliphatic rings. The average molecular weight is 374 g/mol. The van der Waals surface area contributed by atoms with Gasteiger partial charge >= 0.3 is 0 Å². The molecule has 1 saturated carbocycles. The van der Waals surface area contributed by atoms with Gasteiger partial charge in [0.15, 0.2) is 0 Å². The molecule has 26 heavy (non-hydrogen) atoms. The molecule has 0 spiro atoms. The van der Waals surface area contributed by atoms with E-state index < -0.39 is 10.0 Å². The van der Waals surface area contributed by atoms with Crippen molar-refractivity contribution in [1.29, 1.82) is 0 Å². The van der Waals surface area contributed by atoms with Crippen molar-refractivity contribution >= 4 is 22.0 Å². The number of hydrogen-bond donors (Lipinski definition) is 2. The Morgan fingerprint density at radius 1 is 1.15 bits per heavy atom. The number of hydrogen-bond acceptors (Lipinski definition) is 3. The third-order valence-corrected chi connectivity index (χ3v) is 5.41. The second-order valence-electron chi connectivity index (χ2n) is 6.15. The molecule has 0 saturated heterocycles. The molecule has 5 nitrogen and oxygen atoms in total. The van der Waals surface area contributed by atoms with Gasteiger partial charge in [-0.15, -0.1) is 0 Å². The third kappa shape index (κ3) is 5.24. The lowest BCUT2D eigenvalue weighted by Crippen LogP contribution is -2.25. The summed E-state index contributed by atoms with van der Waals surface area (Å²) in [5, 5.41) is 2.66. The topological polar surface area (TPSA) is 75.3 Å². The maximum absolute atomic E-state index is 13.1. The van der Waals surface area contributed by atoms with Gasteiger partial charge in [0.2, 0.25) is 15.9 Å². The zero-order valence-corrected chi connectivity index (χ0v) is 14.8. The molecule has 0 bridgehead atoms. The van der Waals surface area contributed by atoms with Crippen LogP contribution in [0.5, 0.6) is 0 Å². The summed E-state index contributed by atoms with van der Waals surface area (Å²) >= 11 is 0. The highest BCUT2D eigenvalue weighted by Crippen LogP contribution is 2.22. The van der Waals surface area contributed by atoms with Crippen LogP contribution < -0.4 is 10.0 Å². The molecule has 0 heterocycles. The monoisotopic (exact) mass is 374 g/mol. The molecule has 0 radical (unpaired) electrons. The van der Waals surface area contributed by atoms with E-state index in [9.17, 15) is 17.6 Å². The second kappa shape index (κ2) is 7.80. The molecular formula is C19H19FN2O3S. The number of carbonyl (C=O) groups excluding carboxylic acids is 1.